The van der Waals surface area contributed by atoms with Crippen molar-refractivity contribution in [3.8, 4) is 0 Å². The topological polar surface area (TPSA) is 54.2 Å². The van der Waals surface area contributed by atoms with Gasteiger partial charge in [0, 0.05) is 50.0 Å². The van der Waals surface area contributed by atoms with Gasteiger partial charge in [-0.05, 0) is 35.6 Å². The van der Waals surface area contributed by atoms with Crippen molar-refractivity contribution in [1.29, 1.82) is 0 Å². The highest BCUT2D eigenvalue weighted by molar-refractivity contribution is 14.0. The van der Waals surface area contributed by atoms with Crippen molar-refractivity contribution in [3.05, 3.63) is 78.6 Å². The maximum absolute atomic E-state index is 4.51. The number of halogens is 1. The molecular formula is C23H26IN5. The molecule has 0 aliphatic carbocycles. The number of hydrogen-bond donors (Lipinski definition) is 2. The Bertz CT molecular complexity index is 1100. The molecule has 0 aliphatic rings. The molecule has 2 N–H and O–H groups in total. The Morgan fingerprint density at radius 2 is 1.79 bits per heavy atom. The average Bonchev–Trinajstić information content (AvgIpc) is 3.16. The lowest BCUT2D eigenvalue weighted by molar-refractivity contribution is 0.641. The first-order valence-electron chi connectivity index (χ1n) is 9.66. The number of nitrogens with one attached hydrogen (secondary N) is 2. The van der Waals surface area contributed by atoms with E-state index in [1.54, 1.807) is 7.05 Å². The molecule has 2 aromatic heterocycles. The van der Waals surface area contributed by atoms with Crippen LogP contribution in [0.2, 0.25) is 0 Å². The number of pyridine rings is 1. The Morgan fingerprint density at radius 3 is 2.69 bits per heavy atom. The molecule has 0 saturated heterocycles. The predicted molar refractivity (Wildman–Crippen MR) is 132 cm³/mol. The highest BCUT2D eigenvalue weighted by Gasteiger charge is 2.04. The number of hydrogen-bond acceptors (Lipinski definition) is 2. The molecule has 0 fully saturated rings. The zero-order chi connectivity index (χ0) is 19.2. The van der Waals surface area contributed by atoms with Crippen molar-refractivity contribution < 1.29 is 0 Å². The van der Waals surface area contributed by atoms with Crippen LogP contribution in [0, 0.1) is 0 Å². The van der Waals surface area contributed by atoms with Gasteiger partial charge < -0.3 is 15.2 Å². The van der Waals surface area contributed by atoms with Crippen LogP contribution in [0.15, 0.2) is 78.0 Å². The summed E-state index contributed by atoms with van der Waals surface area (Å²) in [7, 11) is 1.80. The van der Waals surface area contributed by atoms with Gasteiger partial charge in [0.05, 0.1) is 5.52 Å². The first-order chi connectivity index (χ1) is 13.8. The van der Waals surface area contributed by atoms with Gasteiger partial charge in [-0.25, -0.2) is 0 Å². The van der Waals surface area contributed by atoms with Gasteiger partial charge in [0.2, 0.25) is 0 Å². The standard InChI is InChI=1S/C23H25N5.HI/c1-24-23(27-17-20-9-4-8-19-10-5-13-25-22(19)20)26-14-6-15-28-16-12-18-7-2-3-11-21(18)28;/h2-5,7-13,16H,6,14-15,17H2,1H3,(H2,24,26,27);1H. The van der Waals surface area contributed by atoms with Crippen LogP contribution in [-0.4, -0.2) is 29.1 Å². The van der Waals surface area contributed by atoms with Gasteiger partial charge in [0.15, 0.2) is 5.96 Å². The smallest absolute Gasteiger partial charge is 0.191 e. The fourth-order valence-electron chi connectivity index (χ4n) is 3.50. The second-order valence-electron chi connectivity index (χ2n) is 6.77. The average molecular weight is 499 g/mol. The largest absolute Gasteiger partial charge is 0.356 e. The zero-order valence-electron chi connectivity index (χ0n) is 16.5. The molecule has 0 radical (unpaired) electrons. The number of aromatic nitrogens is 2. The minimum absolute atomic E-state index is 0. The summed E-state index contributed by atoms with van der Waals surface area (Å²) in [6.45, 7) is 2.53. The van der Waals surface area contributed by atoms with Gasteiger partial charge in [-0.1, -0.05) is 42.5 Å². The van der Waals surface area contributed by atoms with Crippen LogP contribution in [0.25, 0.3) is 21.8 Å². The second kappa shape index (κ2) is 10.2. The molecule has 0 bridgehead atoms. The van der Waals surface area contributed by atoms with Crippen LogP contribution in [-0.2, 0) is 13.1 Å². The maximum atomic E-state index is 4.51. The highest BCUT2D eigenvalue weighted by Crippen LogP contribution is 2.16. The molecule has 0 spiro atoms. The lowest BCUT2D eigenvalue weighted by atomic mass is 10.1. The Hall–Kier alpha value is -2.61. The fraction of sp³-hybridized carbons (Fsp3) is 0.217. The summed E-state index contributed by atoms with van der Waals surface area (Å²) in [5, 5.41) is 9.24. The van der Waals surface area contributed by atoms with Crippen molar-refractivity contribution >= 4 is 51.7 Å². The third kappa shape index (κ3) is 5.06. The number of nitrogens with zero attached hydrogens (tertiary/aromatic N) is 3. The number of rotatable bonds is 6. The summed E-state index contributed by atoms with van der Waals surface area (Å²) in [5.74, 6) is 0.810. The molecule has 0 aliphatic heterocycles. The highest BCUT2D eigenvalue weighted by atomic mass is 127. The summed E-state index contributed by atoms with van der Waals surface area (Å²) in [6.07, 6.45) is 5.02. The summed E-state index contributed by atoms with van der Waals surface area (Å²) < 4.78 is 2.30. The Kier molecular flexibility index (Phi) is 7.46. The molecule has 0 unspecified atom stereocenters. The molecule has 2 aromatic carbocycles. The molecule has 0 amide bonds. The number of guanidine groups is 1. The molecule has 0 atom stereocenters. The van der Waals surface area contributed by atoms with E-state index >= 15 is 0 Å². The monoisotopic (exact) mass is 499 g/mol. The SMILES string of the molecule is CN=C(NCCCn1ccc2ccccc21)NCc1cccc2cccnc12.I. The zero-order valence-corrected chi connectivity index (χ0v) is 18.8. The lowest BCUT2D eigenvalue weighted by Gasteiger charge is -2.13. The minimum atomic E-state index is 0. The van der Waals surface area contributed by atoms with E-state index in [1.165, 1.54) is 16.5 Å². The fourth-order valence-corrected chi connectivity index (χ4v) is 3.50. The second-order valence-corrected chi connectivity index (χ2v) is 6.77. The number of aliphatic imine (C=N–C) groups is 1. The molecule has 6 heteroatoms. The van der Waals surface area contributed by atoms with E-state index < -0.39 is 0 Å². The summed E-state index contributed by atoms with van der Waals surface area (Å²) in [5.41, 5.74) is 3.49. The van der Waals surface area contributed by atoms with E-state index in [4.69, 9.17) is 0 Å². The van der Waals surface area contributed by atoms with E-state index in [1.807, 2.05) is 12.3 Å². The summed E-state index contributed by atoms with van der Waals surface area (Å²) in [6, 6.07) is 21.0. The number of fused-ring (bicyclic) bond motifs is 2. The molecule has 4 rings (SSSR count). The van der Waals surface area contributed by atoms with Crippen molar-refractivity contribution in [1.82, 2.24) is 20.2 Å². The predicted octanol–water partition coefficient (Wildman–Crippen LogP) is 4.56. The third-order valence-electron chi connectivity index (χ3n) is 4.93. The molecule has 150 valence electrons. The molecule has 0 saturated carbocycles. The van der Waals surface area contributed by atoms with E-state index in [9.17, 15) is 0 Å². The van der Waals surface area contributed by atoms with Gasteiger partial charge in [-0.3, -0.25) is 9.98 Å². The van der Waals surface area contributed by atoms with Gasteiger partial charge in [-0.15, -0.1) is 24.0 Å². The van der Waals surface area contributed by atoms with E-state index in [-0.39, 0.29) is 24.0 Å². The molecule has 29 heavy (non-hydrogen) atoms. The van der Waals surface area contributed by atoms with Crippen molar-refractivity contribution in [2.24, 2.45) is 4.99 Å². The maximum Gasteiger partial charge on any atom is 0.191 e. The number of aryl methyl sites for hydroxylation is 1. The number of benzene rings is 2. The Balaban J connectivity index is 0.00000240. The van der Waals surface area contributed by atoms with E-state index in [0.29, 0.717) is 6.54 Å². The molecule has 4 aromatic rings. The quantitative estimate of drug-likeness (QED) is 0.177. The third-order valence-corrected chi connectivity index (χ3v) is 4.93. The van der Waals surface area contributed by atoms with E-state index in [2.05, 4.69) is 86.0 Å². The van der Waals surface area contributed by atoms with Crippen LogP contribution in [0.3, 0.4) is 0 Å². The van der Waals surface area contributed by atoms with Crippen LogP contribution in [0.5, 0.6) is 0 Å². The van der Waals surface area contributed by atoms with Crippen LogP contribution < -0.4 is 10.6 Å². The molecule has 5 nitrogen and oxygen atoms in total. The van der Waals surface area contributed by atoms with Gasteiger partial charge in [0.1, 0.15) is 0 Å². The van der Waals surface area contributed by atoms with Gasteiger partial charge in [0.25, 0.3) is 0 Å². The Morgan fingerprint density at radius 1 is 0.966 bits per heavy atom. The van der Waals surface area contributed by atoms with Crippen molar-refractivity contribution in [2.45, 2.75) is 19.5 Å². The summed E-state index contributed by atoms with van der Waals surface area (Å²) >= 11 is 0. The first-order valence-corrected chi connectivity index (χ1v) is 9.66. The first kappa shape index (κ1) is 21.1. The van der Waals surface area contributed by atoms with Crippen LogP contribution in [0.4, 0.5) is 0 Å². The molecule has 2 heterocycles. The Labute approximate surface area is 188 Å². The van der Waals surface area contributed by atoms with Crippen LogP contribution >= 0.6 is 24.0 Å². The lowest BCUT2D eigenvalue weighted by Crippen LogP contribution is -2.37. The van der Waals surface area contributed by atoms with Gasteiger partial charge >= 0.3 is 0 Å². The minimum Gasteiger partial charge on any atom is -0.356 e. The van der Waals surface area contributed by atoms with Crippen molar-refractivity contribution in [3.63, 3.8) is 0 Å². The van der Waals surface area contributed by atoms with Crippen LogP contribution in [0.1, 0.15) is 12.0 Å². The normalized spacial score (nSPS) is 11.4. The number of para-hydroxylation sites is 2. The van der Waals surface area contributed by atoms with E-state index in [0.717, 1.165) is 36.4 Å². The molecular weight excluding hydrogens is 473 g/mol. The van der Waals surface area contributed by atoms with Crippen molar-refractivity contribution in [2.75, 3.05) is 13.6 Å². The van der Waals surface area contributed by atoms with Gasteiger partial charge in [-0.2, -0.15) is 0 Å². The summed E-state index contributed by atoms with van der Waals surface area (Å²) in [4.78, 5) is 8.85.